The van der Waals surface area contributed by atoms with Crippen molar-refractivity contribution < 1.29 is 0 Å². The third kappa shape index (κ3) is 4.95. The highest BCUT2D eigenvalue weighted by atomic mass is 35.5. The Balaban J connectivity index is 1.60. The van der Waals surface area contributed by atoms with E-state index < -0.39 is 0 Å². The highest BCUT2D eigenvalue weighted by molar-refractivity contribution is 7.80. The molecule has 128 valence electrons. The Hall–Kier alpha value is -2.08. The van der Waals surface area contributed by atoms with Gasteiger partial charge in [0.05, 0.1) is 16.6 Å². The van der Waals surface area contributed by atoms with Crippen molar-refractivity contribution in [2.24, 2.45) is 0 Å². The minimum Gasteiger partial charge on any atom is -0.332 e. The van der Waals surface area contributed by atoms with Crippen LogP contribution in [0.5, 0.6) is 0 Å². The van der Waals surface area contributed by atoms with Gasteiger partial charge >= 0.3 is 0 Å². The molecule has 0 radical (unpaired) electrons. The summed E-state index contributed by atoms with van der Waals surface area (Å²) < 4.78 is 1.86. The summed E-state index contributed by atoms with van der Waals surface area (Å²) in [6.07, 6.45) is 1.91. The van der Waals surface area contributed by atoms with Gasteiger partial charge in [-0.25, -0.2) is 0 Å². The first-order chi connectivity index (χ1) is 12.0. The van der Waals surface area contributed by atoms with E-state index in [0.29, 0.717) is 27.5 Å². The topological polar surface area (TPSA) is 41.9 Å². The number of rotatable bonds is 4. The SMILES string of the molecule is Cc1cccc(Cn2ccc(NC(=S)Nc3ccc(Cl)c(Cl)c3)n2)c1. The molecule has 25 heavy (non-hydrogen) atoms. The number of benzene rings is 2. The average Bonchev–Trinajstić information content (AvgIpc) is 2.98. The van der Waals surface area contributed by atoms with Crippen LogP contribution < -0.4 is 10.6 Å². The van der Waals surface area contributed by atoms with E-state index in [4.69, 9.17) is 35.4 Å². The van der Waals surface area contributed by atoms with E-state index in [0.717, 1.165) is 5.69 Å². The van der Waals surface area contributed by atoms with Gasteiger partial charge in [-0.05, 0) is 42.9 Å². The molecule has 1 aromatic heterocycles. The molecule has 0 saturated carbocycles. The van der Waals surface area contributed by atoms with Gasteiger partial charge < -0.3 is 10.6 Å². The van der Waals surface area contributed by atoms with Gasteiger partial charge in [-0.1, -0.05) is 53.0 Å². The number of hydrogen-bond donors (Lipinski definition) is 2. The maximum absolute atomic E-state index is 6.00. The molecule has 1 heterocycles. The summed E-state index contributed by atoms with van der Waals surface area (Å²) in [6.45, 7) is 2.78. The van der Waals surface area contributed by atoms with E-state index >= 15 is 0 Å². The molecule has 0 saturated heterocycles. The monoisotopic (exact) mass is 390 g/mol. The first-order valence-electron chi connectivity index (χ1n) is 7.62. The van der Waals surface area contributed by atoms with Crippen LogP contribution in [0.4, 0.5) is 11.5 Å². The number of anilines is 2. The lowest BCUT2D eigenvalue weighted by Crippen LogP contribution is -2.19. The van der Waals surface area contributed by atoms with Crippen LogP contribution >= 0.6 is 35.4 Å². The Labute approximate surface area is 161 Å². The number of nitrogens with zero attached hydrogens (tertiary/aromatic N) is 2. The predicted molar refractivity (Wildman–Crippen MR) is 109 cm³/mol. The van der Waals surface area contributed by atoms with Crippen LogP contribution in [-0.4, -0.2) is 14.9 Å². The van der Waals surface area contributed by atoms with E-state index in [1.54, 1.807) is 18.2 Å². The molecule has 0 bridgehead atoms. The number of aromatic nitrogens is 2. The largest absolute Gasteiger partial charge is 0.332 e. The number of aryl methyl sites for hydroxylation is 1. The average molecular weight is 391 g/mol. The number of halogens is 2. The van der Waals surface area contributed by atoms with E-state index in [1.807, 2.05) is 23.0 Å². The number of nitrogens with one attached hydrogen (secondary N) is 2. The Morgan fingerprint density at radius 2 is 1.92 bits per heavy atom. The van der Waals surface area contributed by atoms with Gasteiger partial charge in [-0.15, -0.1) is 0 Å². The fourth-order valence-electron chi connectivity index (χ4n) is 2.37. The highest BCUT2D eigenvalue weighted by Crippen LogP contribution is 2.25. The third-order valence-electron chi connectivity index (χ3n) is 3.49. The van der Waals surface area contributed by atoms with Crippen molar-refractivity contribution in [3.05, 3.63) is 75.9 Å². The Morgan fingerprint density at radius 3 is 2.68 bits per heavy atom. The highest BCUT2D eigenvalue weighted by Gasteiger charge is 2.05. The second-order valence-electron chi connectivity index (χ2n) is 5.60. The minimum atomic E-state index is 0.430. The van der Waals surface area contributed by atoms with Gasteiger partial charge in [0, 0.05) is 18.0 Å². The molecule has 0 unspecified atom stereocenters. The summed E-state index contributed by atoms with van der Waals surface area (Å²) in [6, 6.07) is 15.5. The lowest BCUT2D eigenvalue weighted by Gasteiger charge is -2.09. The Morgan fingerprint density at radius 1 is 1.08 bits per heavy atom. The molecule has 2 aromatic carbocycles. The second-order valence-corrected chi connectivity index (χ2v) is 6.82. The van der Waals surface area contributed by atoms with E-state index in [2.05, 4.69) is 40.9 Å². The van der Waals surface area contributed by atoms with Crippen molar-refractivity contribution in [3.8, 4) is 0 Å². The van der Waals surface area contributed by atoms with Gasteiger partial charge in [0.15, 0.2) is 10.9 Å². The van der Waals surface area contributed by atoms with Crippen molar-refractivity contribution in [2.45, 2.75) is 13.5 Å². The summed E-state index contributed by atoms with van der Waals surface area (Å²) in [5.41, 5.74) is 3.19. The van der Waals surface area contributed by atoms with Crippen LogP contribution in [-0.2, 0) is 6.54 Å². The molecule has 0 atom stereocenters. The standard InChI is InChI=1S/C18H16Cl2N4S/c1-12-3-2-4-13(9-12)11-24-8-7-17(23-24)22-18(25)21-14-5-6-15(19)16(20)10-14/h2-10H,11H2,1H3,(H2,21,22,23,25). The first kappa shape index (κ1) is 17.7. The summed E-state index contributed by atoms with van der Waals surface area (Å²) in [5, 5.41) is 12.0. The Bertz CT molecular complexity index is 908. The normalized spacial score (nSPS) is 10.5. The molecule has 4 nitrogen and oxygen atoms in total. The van der Waals surface area contributed by atoms with E-state index in [1.165, 1.54) is 11.1 Å². The third-order valence-corrected chi connectivity index (χ3v) is 4.43. The van der Waals surface area contributed by atoms with Crippen LogP contribution in [0.3, 0.4) is 0 Å². The molecule has 0 amide bonds. The molecule has 3 rings (SSSR count). The Kier molecular flexibility index (Phi) is 5.58. The van der Waals surface area contributed by atoms with Crippen molar-refractivity contribution >= 4 is 52.0 Å². The smallest absolute Gasteiger partial charge is 0.176 e. The van der Waals surface area contributed by atoms with Gasteiger partial charge in [0.1, 0.15) is 0 Å². The zero-order chi connectivity index (χ0) is 17.8. The van der Waals surface area contributed by atoms with Crippen molar-refractivity contribution in [2.75, 3.05) is 10.6 Å². The molecule has 0 aliphatic heterocycles. The quantitative estimate of drug-likeness (QED) is 0.588. The lowest BCUT2D eigenvalue weighted by molar-refractivity contribution is 0.689. The van der Waals surface area contributed by atoms with Crippen LogP contribution in [0.15, 0.2) is 54.7 Å². The van der Waals surface area contributed by atoms with Crippen molar-refractivity contribution in [1.29, 1.82) is 0 Å². The van der Waals surface area contributed by atoms with Crippen LogP contribution in [0.1, 0.15) is 11.1 Å². The molecule has 0 aliphatic carbocycles. The number of hydrogen-bond acceptors (Lipinski definition) is 2. The van der Waals surface area contributed by atoms with Crippen molar-refractivity contribution in [3.63, 3.8) is 0 Å². The van der Waals surface area contributed by atoms with Crippen LogP contribution in [0.25, 0.3) is 0 Å². The fourth-order valence-corrected chi connectivity index (χ4v) is 2.89. The maximum atomic E-state index is 6.00. The number of thiocarbonyl (C=S) groups is 1. The van der Waals surface area contributed by atoms with Crippen LogP contribution in [0.2, 0.25) is 10.0 Å². The molecular weight excluding hydrogens is 375 g/mol. The van der Waals surface area contributed by atoms with Crippen molar-refractivity contribution in [1.82, 2.24) is 9.78 Å². The molecule has 2 N–H and O–H groups in total. The minimum absolute atomic E-state index is 0.430. The summed E-state index contributed by atoms with van der Waals surface area (Å²) in [5.74, 6) is 0.671. The summed E-state index contributed by atoms with van der Waals surface area (Å²) in [4.78, 5) is 0. The molecule has 0 fully saturated rings. The molecule has 7 heteroatoms. The second kappa shape index (κ2) is 7.87. The molecule has 0 aliphatic rings. The summed E-state index contributed by atoms with van der Waals surface area (Å²) >= 11 is 17.2. The fraction of sp³-hybridized carbons (Fsp3) is 0.111. The van der Waals surface area contributed by atoms with Gasteiger partial charge in [-0.2, -0.15) is 5.10 Å². The van der Waals surface area contributed by atoms with E-state index in [9.17, 15) is 0 Å². The summed E-state index contributed by atoms with van der Waals surface area (Å²) in [7, 11) is 0. The van der Waals surface area contributed by atoms with Crippen LogP contribution in [0, 0.1) is 6.92 Å². The first-order valence-corrected chi connectivity index (χ1v) is 8.78. The van der Waals surface area contributed by atoms with Gasteiger partial charge in [0.2, 0.25) is 0 Å². The zero-order valence-corrected chi connectivity index (χ0v) is 15.8. The van der Waals surface area contributed by atoms with Gasteiger partial charge in [-0.3, -0.25) is 4.68 Å². The molecule has 3 aromatic rings. The maximum Gasteiger partial charge on any atom is 0.176 e. The molecule has 0 spiro atoms. The lowest BCUT2D eigenvalue weighted by atomic mass is 10.1. The molecular formula is C18H16Cl2N4S. The van der Waals surface area contributed by atoms with Gasteiger partial charge in [0.25, 0.3) is 0 Å². The predicted octanol–water partition coefficient (Wildman–Crippen LogP) is 5.36. The zero-order valence-electron chi connectivity index (χ0n) is 13.5. The van der Waals surface area contributed by atoms with E-state index in [-0.39, 0.29) is 0 Å².